The van der Waals surface area contributed by atoms with Crippen molar-refractivity contribution in [3.05, 3.63) is 42.1 Å². The predicted molar refractivity (Wildman–Crippen MR) is 162 cm³/mol. The lowest BCUT2D eigenvalue weighted by Gasteiger charge is -2.35. The molecule has 242 valence electrons. The molecule has 0 bridgehead atoms. The van der Waals surface area contributed by atoms with E-state index in [-0.39, 0.29) is 68.9 Å². The van der Waals surface area contributed by atoms with Gasteiger partial charge >= 0.3 is 12.1 Å². The van der Waals surface area contributed by atoms with E-state index < -0.39 is 30.0 Å². The lowest BCUT2D eigenvalue weighted by Crippen LogP contribution is -2.55. The minimum Gasteiger partial charge on any atom is -0.481 e. The van der Waals surface area contributed by atoms with Crippen LogP contribution in [0.2, 0.25) is 0 Å². The second kappa shape index (κ2) is 16.5. The number of hydrogen-bond donors (Lipinski definition) is 3. The van der Waals surface area contributed by atoms with Crippen LogP contribution in [0.1, 0.15) is 68.8 Å². The normalized spacial score (nSPS) is 16.1. The summed E-state index contributed by atoms with van der Waals surface area (Å²) in [5, 5.41) is 16.1. The van der Waals surface area contributed by atoms with Gasteiger partial charge in [-0.25, -0.2) is 14.8 Å². The standard InChI is InChI=1S/C31H40N6O8/c1-2-44-31(43)45-37-18-16-36(17-19-37)30(42)23(13-15-27(39)40)33-29(41)24-20-25(34-26(38)14-12-21-8-6-7-9-21)35-28(32-24)22-10-4-3-5-11-22/h3-5,10-11,20-21,23H,2,6-9,12-19H2,1H3,(H,33,41)(H,39,40)(H,32,34,35,38)/t23-/m0/s1. The highest BCUT2D eigenvalue weighted by atomic mass is 16.8. The van der Waals surface area contributed by atoms with Crippen LogP contribution >= 0.6 is 0 Å². The lowest BCUT2D eigenvalue weighted by molar-refractivity contribution is -0.157. The average Bonchev–Trinajstić information content (AvgIpc) is 3.56. The first-order chi connectivity index (χ1) is 21.7. The number of nitrogens with one attached hydrogen (secondary N) is 2. The maximum atomic E-state index is 13.5. The summed E-state index contributed by atoms with van der Waals surface area (Å²) in [7, 11) is 0. The Morgan fingerprint density at radius 3 is 2.38 bits per heavy atom. The van der Waals surface area contributed by atoms with E-state index in [4.69, 9.17) is 9.57 Å². The van der Waals surface area contributed by atoms with Crippen LogP contribution in [0.25, 0.3) is 11.4 Å². The van der Waals surface area contributed by atoms with Gasteiger partial charge in [0.05, 0.1) is 19.7 Å². The van der Waals surface area contributed by atoms with E-state index >= 15 is 0 Å². The molecule has 45 heavy (non-hydrogen) atoms. The summed E-state index contributed by atoms with van der Waals surface area (Å²) < 4.78 is 4.78. The molecule has 3 N–H and O–H groups in total. The number of nitrogens with zero attached hydrogens (tertiary/aromatic N) is 4. The second-order valence-electron chi connectivity index (χ2n) is 11.1. The first-order valence-electron chi connectivity index (χ1n) is 15.4. The van der Waals surface area contributed by atoms with Gasteiger partial charge in [0.25, 0.3) is 5.91 Å². The number of rotatable bonds is 13. The molecule has 1 aliphatic carbocycles. The number of hydrogen-bond acceptors (Lipinski definition) is 10. The minimum absolute atomic E-state index is 0.0873. The summed E-state index contributed by atoms with van der Waals surface area (Å²) in [6.07, 6.45) is 4.40. The quantitative estimate of drug-likeness (QED) is 0.278. The Morgan fingerprint density at radius 2 is 1.71 bits per heavy atom. The summed E-state index contributed by atoms with van der Waals surface area (Å²) in [6.45, 7) is 2.60. The van der Waals surface area contributed by atoms with Crippen molar-refractivity contribution in [2.45, 2.75) is 64.3 Å². The van der Waals surface area contributed by atoms with Gasteiger partial charge in [-0.3, -0.25) is 19.2 Å². The van der Waals surface area contributed by atoms with Crippen molar-refractivity contribution in [1.82, 2.24) is 25.2 Å². The summed E-state index contributed by atoms with van der Waals surface area (Å²) in [5.41, 5.74) is 0.533. The van der Waals surface area contributed by atoms with Crippen molar-refractivity contribution in [2.24, 2.45) is 5.92 Å². The fourth-order valence-electron chi connectivity index (χ4n) is 5.41. The Labute approximate surface area is 261 Å². The predicted octanol–water partition coefficient (Wildman–Crippen LogP) is 3.25. The molecule has 1 saturated heterocycles. The van der Waals surface area contributed by atoms with Crippen molar-refractivity contribution >= 4 is 35.7 Å². The van der Waals surface area contributed by atoms with Gasteiger partial charge in [0.1, 0.15) is 17.6 Å². The zero-order valence-corrected chi connectivity index (χ0v) is 25.4. The number of amides is 3. The minimum atomic E-state index is -1.16. The van der Waals surface area contributed by atoms with Gasteiger partial charge < -0.3 is 30.2 Å². The van der Waals surface area contributed by atoms with Crippen LogP contribution < -0.4 is 10.6 Å². The lowest BCUT2D eigenvalue weighted by atomic mass is 10.0. The van der Waals surface area contributed by atoms with Crippen LogP contribution in [0.3, 0.4) is 0 Å². The second-order valence-corrected chi connectivity index (χ2v) is 11.1. The molecule has 2 heterocycles. The molecule has 2 aromatic rings. The van der Waals surface area contributed by atoms with E-state index in [1.807, 2.05) is 6.07 Å². The molecule has 0 spiro atoms. The smallest absolute Gasteiger partial charge is 0.481 e. The van der Waals surface area contributed by atoms with Crippen LogP contribution in [-0.2, 0) is 24.0 Å². The molecule has 0 radical (unpaired) electrons. The Hall–Kier alpha value is -4.59. The third-order valence-corrected chi connectivity index (χ3v) is 7.78. The summed E-state index contributed by atoms with van der Waals surface area (Å²) in [5.74, 6) is -1.63. The van der Waals surface area contributed by atoms with Crippen LogP contribution in [-0.4, -0.2) is 93.7 Å². The van der Waals surface area contributed by atoms with Gasteiger partial charge in [-0.2, -0.15) is 0 Å². The Kier molecular flexibility index (Phi) is 12.2. The molecule has 2 fully saturated rings. The highest BCUT2D eigenvalue weighted by Gasteiger charge is 2.31. The molecule has 3 amide bonds. The van der Waals surface area contributed by atoms with E-state index in [9.17, 15) is 29.1 Å². The maximum absolute atomic E-state index is 13.5. The molecular weight excluding hydrogens is 584 g/mol. The van der Waals surface area contributed by atoms with Crippen molar-refractivity contribution < 1.29 is 38.7 Å². The third-order valence-electron chi connectivity index (χ3n) is 7.78. The average molecular weight is 625 g/mol. The van der Waals surface area contributed by atoms with Gasteiger partial charge in [-0.05, 0) is 25.7 Å². The number of anilines is 1. The number of carbonyl (C=O) groups excluding carboxylic acids is 4. The fraction of sp³-hybridized carbons (Fsp3) is 0.516. The largest absolute Gasteiger partial charge is 0.527 e. The molecular formula is C31H40N6O8. The van der Waals surface area contributed by atoms with Gasteiger partial charge in [-0.15, -0.1) is 5.06 Å². The SMILES string of the molecule is CCOC(=O)ON1CCN(C(=O)[C@H](CCC(=O)O)NC(=O)c2cc(NC(=O)CCC3CCCC3)nc(-c3ccccc3)n2)CC1. The van der Waals surface area contributed by atoms with Crippen LogP contribution in [0.5, 0.6) is 0 Å². The summed E-state index contributed by atoms with van der Waals surface area (Å²) >= 11 is 0. The molecule has 0 unspecified atom stereocenters. The number of carboxylic acids is 1. The van der Waals surface area contributed by atoms with Crippen molar-refractivity contribution in [2.75, 3.05) is 38.1 Å². The zero-order chi connectivity index (χ0) is 32.2. The molecule has 1 aromatic heterocycles. The number of aliphatic carboxylic acids is 1. The van der Waals surface area contributed by atoms with Gasteiger partial charge in [0, 0.05) is 37.6 Å². The van der Waals surface area contributed by atoms with E-state index in [1.54, 1.807) is 31.2 Å². The van der Waals surface area contributed by atoms with E-state index in [2.05, 4.69) is 20.6 Å². The number of carbonyl (C=O) groups is 5. The Balaban J connectivity index is 1.48. The van der Waals surface area contributed by atoms with Gasteiger partial charge in [-0.1, -0.05) is 56.0 Å². The highest BCUT2D eigenvalue weighted by Crippen LogP contribution is 2.28. The number of piperazine rings is 1. The molecule has 14 nitrogen and oxygen atoms in total. The zero-order valence-electron chi connectivity index (χ0n) is 25.4. The molecule has 1 saturated carbocycles. The molecule has 1 atom stereocenters. The molecule has 14 heteroatoms. The van der Waals surface area contributed by atoms with Crippen LogP contribution in [0.15, 0.2) is 36.4 Å². The van der Waals surface area contributed by atoms with Crippen molar-refractivity contribution in [1.29, 1.82) is 0 Å². The topological polar surface area (TPSA) is 180 Å². The van der Waals surface area contributed by atoms with Gasteiger partial charge in [0.15, 0.2) is 5.82 Å². The van der Waals surface area contributed by atoms with Crippen molar-refractivity contribution in [3.8, 4) is 11.4 Å². The first-order valence-corrected chi connectivity index (χ1v) is 15.4. The van der Waals surface area contributed by atoms with E-state index in [0.29, 0.717) is 17.9 Å². The third kappa shape index (κ3) is 10.2. The number of aromatic nitrogens is 2. The Morgan fingerprint density at radius 1 is 1.00 bits per heavy atom. The number of ether oxygens (including phenoxy) is 1. The van der Waals surface area contributed by atoms with Crippen LogP contribution in [0.4, 0.5) is 10.6 Å². The molecule has 4 rings (SSSR count). The van der Waals surface area contributed by atoms with Gasteiger partial charge in [0.2, 0.25) is 11.8 Å². The Bertz CT molecular complexity index is 1340. The van der Waals surface area contributed by atoms with E-state index in [0.717, 1.165) is 19.3 Å². The number of benzene rings is 1. The summed E-state index contributed by atoms with van der Waals surface area (Å²) in [6, 6.07) is 9.14. The fourth-order valence-corrected chi connectivity index (χ4v) is 5.41. The van der Waals surface area contributed by atoms with Crippen molar-refractivity contribution in [3.63, 3.8) is 0 Å². The number of hydroxylamine groups is 2. The number of carboxylic acid groups (broad SMARTS) is 1. The molecule has 1 aromatic carbocycles. The maximum Gasteiger partial charge on any atom is 0.527 e. The van der Waals surface area contributed by atoms with E-state index in [1.165, 1.54) is 28.9 Å². The summed E-state index contributed by atoms with van der Waals surface area (Å²) in [4.78, 5) is 78.2. The molecule has 2 aliphatic rings. The molecule has 1 aliphatic heterocycles. The highest BCUT2D eigenvalue weighted by molar-refractivity contribution is 5.98. The monoisotopic (exact) mass is 624 g/mol. The van der Waals surface area contributed by atoms with Crippen LogP contribution in [0, 0.1) is 5.92 Å². The first kappa shape index (κ1) is 33.3.